The Balaban J connectivity index is 2.19. The van der Waals surface area contributed by atoms with E-state index in [0.29, 0.717) is 18.5 Å². The first-order chi connectivity index (χ1) is 8.13. The summed E-state index contributed by atoms with van der Waals surface area (Å²) in [5, 5.41) is 9.30. The Labute approximate surface area is 97.9 Å². The summed E-state index contributed by atoms with van der Waals surface area (Å²) in [6.07, 6.45) is 4.96. The summed E-state index contributed by atoms with van der Waals surface area (Å²) in [5.41, 5.74) is 1.14. The summed E-state index contributed by atoms with van der Waals surface area (Å²) in [5.74, 6) is -0.844. The average molecular weight is 234 g/mol. The number of hydrogen-bond acceptors (Lipinski definition) is 3. The van der Waals surface area contributed by atoms with Gasteiger partial charge in [0.25, 0.3) is 0 Å². The molecule has 5 heteroatoms. The van der Waals surface area contributed by atoms with Crippen LogP contribution < -0.4 is 5.69 Å². The number of nitrogens with zero attached hydrogens (tertiary/aromatic N) is 1. The second kappa shape index (κ2) is 3.42. The highest BCUT2D eigenvalue weighted by atomic mass is 16.4. The summed E-state index contributed by atoms with van der Waals surface area (Å²) in [7, 11) is 0. The molecular weight excluding hydrogens is 220 g/mol. The van der Waals surface area contributed by atoms with Gasteiger partial charge in [-0.3, -0.25) is 4.79 Å². The fourth-order valence-corrected chi connectivity index (χ4v) is 2.70. The van der Waals surface area contributed by atoms with Crippen LogP contribution in [0.25, 0.3) is 0 Å². The Morgan fingerprint density at radius 2 is 2.00 bits per heavy atom. The van der Waals surface area contributed by atoms with Gasteiger partial charge in [0.05, 0.1) is 5.69 Å². The number of aryl methyl sites for hydroxylation is 1. The molecule has 1 heterocycles. The average Bonchev–Trinajstić information content (AvgIpc) is 3.09. The first-order valence-corrected chi connectivity index (χ1v) is 5.99. The Morgan fingerprint density at radius 3 is 2.65 bits per heavy atom. The summed E-state index contributed by atoms with van der Waals surface area (Å²) in [4.78, 5) is 29.5. The number of aliphatic carboxylic acids is 1. The number of fused-ring (bicyclic) bond motifs is 1. The standard InChI is InChI=1S/C12H14N2O3/c15-10(16)12(5-6-12)9-7-3-1-2-4-8(7)13-11(17)14-9/h1-6H2,(H,15,16)(H,13,14,17). The summed E-state index contributed by atoms with van der Waals surface area (Å²) in [6, 6.07) is 0. The van der Waals surface area contributed by atoms with Crippen molar-refractivity contribution in [3.63, 3.8) is 0 Å². The van der Waals surface area contributed by atoms with Gasteiger partial charge in [-0.25, -0.2) is 4.79 Å². The van der Waals surface area contributed by atoms with Crippen molar-refractivity contribution in [2.75, 3.05) is 0 Å². The maximum absolute atomic E-state index is 11.5. The van der Waals surface area contributed by atoms with Crippen molar-refractivity contribution in [3.8, 4) is 0 Å². The second-order valence-corrected chi connectivity index (χ2v) is 4.94. The highest BCUT2D eigenvalue weighted by Gasteiger charge is 2.54. The van der Waals surface area contributed by atoms with E-state index in [4.69, 9.17) is 0 Å². The number of carboxylic acids is 1. The molecule has 1 aromatic heterocycles. The molecule has 2 N–H and O–H groups in total. The second-order valence-electron chi connectivity index (χ2n) is 4.94. The quantitative estimate of drug-likeness (QED) is 0.791. The van der Waals surface area contributed by atoms with Gasteiger partial charge in [0, 0.05) is 5.69 Å². The van der Waals surface area contributed by atoms with E-state index in [2.05, 4.69) is 9.97 Å². The molecule has 1 saturated carbocycles. The molecule has 0 saturated heterocycles. The van der Waals surface area contributed by atoms with E-state index in [9.17, 15) is 14.7 Å². The number of aromatic nitrogens is 2. The van der Waals surface area contributed by atoms with Crippen LogP contribution in [0.4, 0.5) is 0 Å². The first kappa shape index (κ1) is 10.5. The Bertz CT molecular complexity index is 543. The van der Waals surface area contributed by atoms with Gasteiger partial charge in [-0.15, -0.1) is 0 Å². The highest BCUT2D eigenvalue weighted by Crippen LogP contribution is 2.49. The van der Waals surface area contributed by atoms with Crippen molar-refractivity contribution in [1.82, 2.24) is 9.97 Å². The van der Waals surface area contributed by atoms with E-state index in [1.54, 1.807) is 0 Å². The lowest BCUT2D eigenvalue weighted by Gasteiger charge is -2.20. The van der Waals surface area contributed by atoms with Crippen LogP contribution in [0.3, 0.4) is 0 Å². The van der Waals surface area contributed by atoms with Crippen molar-refractivity contribution in [2.24, 2.45) is 0 Å². The minimum atomic E-state index is -0.865. The van der Waals surface area contributed by atoms with Crippen molar-refractivity contribution in [1.29, 1.82) is 0 Å². The fraction of sp³-hybridized carbons (Fsp3) is 0.583. The van der Waals surface area contributed by atoms with Gasteiger partial charge in [-0.1, -0.05) is 0 Å². The van der Waals surface area contributed by atoms with Crippen molar-refractivity contribution >= 4 is 5.97 Å². The molecule has 1 aromatic rings. The van der Waals surface area contributed by atoms with Crippen LogP contribution >= 0.6 is 0 Å². The molecule has 1 fully saturated rings. The van der Waals surface area contributed by atoms with Gasteiger partial charge in [-0.05, 0) is 44.1 Å². The summed E-state index contributed by atoms with van der Waals surface area (Å²) >= 11 is 0. The maximum Gasteiger partial charge on any atom is 0.345 e. The van der Waals surface area contributed by atoms with E-state index in [0.717, 1.165) is 36.9 Å². The lowest BCUT2D eigenvalue weighted by atomic mass is 9.88. The topological polar surface area (TPSA) is 83.0 Å². The molecule has 17 heavy (non-hydrogen) atoms. The zero-order valence-corrected chi connectivity index (χ0v) is 9.45. The van der Waals surface area contributed by atoms with Crippen molar-refractivity contribution in [2.45, 2.75) is 43.9 Å². The van der Waals surface area contributed by atoms with E-state index in [1.807, 2.05) is 0 Å². The third kappa shape index (κ3) is 1.49. The maximum atomic E-state index is 11.5. The third-order valence-electron chi connectivity index (χ3n) is 3.84. The molecule has 0 bridgehead atoms. The minimum absolute atomic E-state index is 0.409. The van der Waals surface area contributed by atoms with Gasteiger partial charge in [0.1, 0.15) is 5.41 Å². The number of nitrogens with one attached hydrogen (secondary N) is 1. The lowest BCUT2D eigenvalue weighted by molar-refractivity contribution is -0.140. The molecule has 3 rings (SSSR count). The largest absolute Gasteiger partial charge is 0.481 e. The smallest absolute Gasteiger partial charge is 0.345 e. The molecule has 0 amide bonds. The molecule has 2 aliphatic rings. The monoisotopic (exact) mass is 234 g/mol. The number of carbonyl (C=O) groups is 1. The zero-order chi connectivity index (χ0) is 12.0. The Kier molecular flexibility index (Phi) is 2.11. The van der Waals surface area contributed by atoms with E-state index < -0.39 is 17.1 Å². The predicted molar refractivity (Wildman–Crippen MR) is 60.0 cm³/mol. The van der Waals surface area contributed by atoms with E-state index >= 15 is 0 Å². The normalized spacial score (nSPS) is 20.7. The molecule has 0 unspecified atom stereocenters. The molecule has 0 aliphatic heterocycles. The van der Waals surface area contributed by atoms with Crippen LogP contribution in [-0.2, 0) is 23.1 Å². The predicted octanol–water partition coefficient (Wildman–Crippen LogP) is 0.765. The van der Waals surface area contributed by atoms with Crippen LogP contribution in [0.1, 0.15) is 42.6 Å². The van der Waals surface area contributed by atoms with Gasteiger partial charge in [0.2, 0.25) is 0 Å². The minimum Gasteiger partial charge on any atom is -0.481 e. The third-order valence-corrected chi connectivity index (χ3v) is 3.84. The Hall–Kier alpha value is -1.65. The molecular formula is C12H14N2O3. The van der Waals surface area contributed by atoms with Gasteiger partial charge in [0.15, 0.2) is 0 Å². The lowest BCUT2D eigenvalue weighted by Crippen LogP contribution is -2.30. The van der Waals surface area contributed by atoms with Crippen molar-refractivity contribution < 1.29 is 9.90 Å². The number of H-pyrrole nitrogens is 1. The zero-order valence-electron chi connectivity index (χ0n) is 9.45. The number of hydrogen-bond donors (Lipinski definition) is 2. The van der Waals surface area contributed by atoms with Crippen molar-refractivity contribution in [3.05, 3.63) is 27.4 Å². The molecule has 0 aromatic carbocycles. The van der Waals surface area contributed by atoms with E-state index in [-0.39, 0.29) is 0 Å². The SMILES string of the molecule is O=C(O)C1(c2nc(=O)[nH]c3c2CCCC3)CC1. The molecule has 2 aliphatic carbocycles. The molecule has 5 nitrogen and oxygen atoms in total. The Morgan fingerprint density at radius 1 is 1.29 bits per heavy atom. The molecule has 0 radical (unpaired) electrons. The first-order valence-electron chi connectivity index (χ1n) is 5.99. The van der Waals surface area contributed by atoms with Gasteiger partial charge >= 0.3 is 11.7 Å². The van der Waals surface area contributed by atoms with Gasteiger partial charge < -0.3 is 10.1 Å². The highest BCUT2D eigenvalue weighted by molar-refractivity contribution is 5.84. The fourth-order valence-electron chi connectivity index (χ4n) is 2.70. The number of aromatic amines is 1. The van der Waals surface area contributed by atoms with Crippen LogP contribution in [-0.4, -0.2) is 21.0 Å². The van der Waals surface area contributed by atoms with Gasteiger partial charge in [-0.2, -0.15) is 4.98 Å². The number of rotatable bonds is 2. The molecule has 0 atom stereocenters. The van der Waals surface area contributed by atoms with Crippen LogP contribution in [0, 0.1) is 0 Å². The number of carboxylic acid groups (broad SMARTS) is 1. The molecule has 90 valence electrons. The summed E-state index contributed by atoms with van der Waals surface area (Å²) < 4.78 is 0. The summed E-state index contributed by atoms with van der Waals surface area (Å²) in [6.45, 7) is 0. The van der Waals surface area contributed by atoms with E-state index in [1.165, 1.54) is 0 Å². The van der Waals surface area contributed by atoms with Crippen LogP contribution in [0.5, 0.6) is 0 Å². The van der Waals surface area contributed by atoms with Crippen LogP contribution in [0.2, 0.25) is 0 Å². The molecule has 0 spiro atoms. The van der Waals surface area contributed by atoms with Crippen LogP contribution in [0.15, 0.2) is 4.79 Å².